The number of unbranched alkanes of at least 4 members (excludes halogenated alkanes) is 3. The van der Waals surface area contributed by atoms with Crippen LogP contribution in [0.25, 0.3) is 0 Å². The predicted octanol–water partition coefficient (Wildman–Crippen LogP) is 1.71. The number of carbonyl (C=O) groups is 1. The zero-order chi connectivity index (χ0) is 14.1. The van der Waals surface area contributed by atoms with E-state index in [1.165, 1.54) is 17.7 Å². The normalized spacial score (nSPS) is 10.3. The van der Waals surface area contributed by atoms with Gasteiger partial charge in [0.25, 0.3) is 5.91 Å². The third-order valence-electron chi connectivity index (χ3n) is 2.85. The van der Waals surface area contributed by atoms with Crippen molar-refractivity contribution in [1.29, 1.82) is 0 Å². The Bertz CT molecular complexity index is 393. The van der Waals surface area contributed by atoms with Crippen molar-refractivity contribution in [3.05, 3.63) is 24.0 Å². The van der Waals surface area contributed by atoms with Crippen molar-refractivity contribution < 1.29 is 4.79 Å². The van der Waals surface area contributed by atoms with Gasteiger partial charge in [-0.15, -0.1) is 0 Å². The van der Waals surface area contributed by atoms with Gasteiger partial charge in [-0.1, -0.05) is 12.8 Å². The van der Waals surface area contributed by atoms with Crippen molar-refractivity contribution in [3.8, 4) is 0 Å². The van der Waals surface area contributed by atoms with Crippen LogP contribution in [0.4, 0.5) is 5.69 Å². The van der Waals surface area contributed by atoms with Crippen LogP contribution < -0.4 is 11.1 Å². The number of rotatable bonds is 8. The smallest absolute Gasteiger partial charge is 0.272 e. The second-order valence-electron chi connectivity index (χ2n) is 4.76. The van der Waals surface area contributed by atoms with Gasteiger partial charge in [0.05, 0.1) is 0 Å². The summed E-state index contributed by atoms with van der Waals surface area (Å²) in [5.74, 6) is -0.0772. The van der Waals surface area contributed by atoms with E-state index in [9.17, 15) is 4.79 Å². The first kappa shape index (κ1) is 15.4. The van der Waals surface area contributed by atoms with E-state index in [1.807, 2.05) is 6.07 Å². The van der Waals surface area contributed by atoms with Crippen molar-refractivity contribution in [2.75, 3.05) is 32.5 Å². The summed E-state index contributed by atoms with van der Waals surface area (Å²) in [5, 5.41) is 3.31. The summed E-state index contributed by atoms with van der Waals surface area (Å²) < 4.78 is 0. The molecule has 3 N–H and O–H groups in total. The summed E-state index contributed by atoms with van der Waals surface area (Å²) in [7, 11) is 3.45. The second kappa shape index (κ2) is 8.48. The monoisotopic (exact) mass is 264 g/mol. The van der Waals surface area contributed by atoms with Crippen molar-refractivity contribution in [2.24, 2.45) is 5.73 Å². The number of aromatic nitrogens is 1. The molecule has 0 aromatic carbocycles. The number of carbonyl (C=O) groups excluding carboxylic acids is 1. The fourth-order valence-electron chi connectivity index (χ4n) is 1.74. The lowest BCUT2D eigenvalue weighted by Crippen LogP contribution is -2.22. The number of nitrogens with zero attached hydrogens (tertiary/aromatic N) is 2. The van der Waals surface area contributed by atoms with Crippen molar-refractivity contribution in [2.45, 2.75) is 25.7 Å². The van der Waals surface area contributed by atoms with Gasteiger partial charge >= 0.3 is 0 Å². The van der Waals surface area contributed by atoms with E-state index in [0.717, 1.165) is 31.6 Å². The zero-order valence-electron chi connectivity index (χ0n) is 11.9. The van der Waals surface area contributed by atoms with Crippen LogP contribution >= 0.6 is 0 Å². The molecule has 0 spiro atoms. The summed E-state index contributed by atoms with van der Waals surface area (Å²) in [6.07, 6.45) is 6.22. The lowest BCUT2D eigenvalue weighted by molar-refractivity contribution is 0.0822. The van der Waals surface area contributed by atoms with Gasteiger partial charge in [0.1, 0.15) is 5.69 Å². The molecule has 0 radical (unpaired) electrons. The van der Waals surface area contributed by atoms with Crippen LogP contribution in [0.2, 0.25) is 0 Å². The molecule has 19 heavy (non-hydrogen) atoms. The molecule has 0 aliphatic carbocycles. The van der Waals surface area contributed by atoms with Gasteiger partial charge in [0.15, 0.2) is 0 Å². The highest BCUT2D eigenvalue weighted by atomic mass is 16.2. The van der Waals surface area contributed by atoms with Crippen LogP contribution in [0.1, 0.15) is 36.2 Å². The van der Waals surface area contributed by atoms with E-state index in [4.69, 9.17) is 5.73 Å². The van der Waals surface area contributed by atoms with Crippen LogP contribution in [-0.4, -0.2) is 43.0 Å². The van der Waals surface area contributed by atoms with Crippen molar-refractivity contribution in [1.82, 2.24) is 9.88 Å². The van der Waals surface area contributed by atoms with Gasteiger partial charge in [0.2, 0.25) is 0 Å². The quantitative estimate of drug-likeness (QED) is 0.701. The Labute approximate surface area is 115 Å². The second-order valence-corrected chi connectivity index (χ2v) is 4.76. The molecule has 0 aliphatic heterocycles. The average Bonchev–Trinajstić information content (AvgIpc) is 2.42. The SMILES string of the molecule is CN(C)C(=O)c1cc(NCCCCCCN)ccn1. The molecule has 5 heteroatoms. The van der Waals surface area contributed by atoms with Gasteiger partial charge in [-0.25, -0.2) is 0 Å². The molecule has 1 aromatic heterocycles. The molecule has 0 saturated heterocycles. The molecule has 0 aliphatic rings. The topological polar surface area (TPSA) is 71.2 Å². The summed E-state index contributed by atoms with van der Waals surface area (Å²) >= 11 is 0. The number of pyridine rings is 1. The van der Waals surface area contributed by atoms with Crippen LogP contribution in [0.15, 0.2) is 18.3 Å². The number of amides is 1. The Kier molecular flexibility index (Phi) is 6.89. The maximum Gasteiger partial charge on any atom is 0.272 e. The Balaban J connectivity index is 2.38. The first-order valence-electron chi connectivity index (χ1n) is 6.77. The molecule has 0 unspecified atom stereocenters. The van der Waals surface area contributed by atoms with Crippen molar-refractivity contribution >= 4 is 11.6 Å². The minimum Gasteiger partial charge on any atom is -0.385 e. The number of nitrogens with one attached hydrogen (secondary N) is 1. The summed E-state index contributed by atoms with van der Waals surface area (Å²) in [5.41, 5.74) is 6.86. The Morgan fingerprint density at radius 3 is 2.74 bits per heavy atom. The maximum atomic E-state index is 11.8. The minimum atomic E-state index is -0.0772. The Morgan fingerprint density at radius 1 is 1.32 bits per heavy atom. The zero-order valence-corrected chi connectivity index (χ0v) is 11.9. The molecular formula is C14H24N4O. The molecule has 0 fully saturated rings. The highest BCUT2D eigenvalue weighted by molar-refractivity contribution is 5.92. The molecule has 1 heterocycles. The number of nitrogens with two attached hydrogens (primary N) is 1. The van der Waals surface area contributed by atoms with Crippen LogP contribution in [-0.2, 0) is 0 Å². The Hall–Kier alpha value is -1.62. The van der Waals surface area contributed by atoms with Gasteiger partial charge < -0.3 is 16.0 Å². The molecule has 5 nitrogen and oxygen atoms in total. The largest absolute Gasteiger partial charge is 0.385 e. The number of hydrogen-bond donors (Lipinski definition) is 2. The van der Waals surface area contributed by atoms with Gasteiger partial charge in [-0.05, 0) is 31.5 Å². The van der Waals surface area contributed by atoms with Crippen LogP contribution in [0.3, 0.4) is 0 Å². The molecular weight excluding hydrogens is 240 g/mol. The maximum absolute atomic E-state index is 11.8. The first-order valence-corrected chi connectivity index (χ1v) is 6.77. The highest BCUT2D eigenvalue weighted by Crippen LogP contribution is 2.10. The fraction of sp³-hybridized carbons (Fsp3) is 0.571. The number of hydrogen-bond acceptors (Lipinski definition) is 4. The molecule has 0 bridgehead atoms. The van der Waals surface area contributed by atoms with Gasteiger partial charge in [-0.3, -0.25) is 9.78 Å². The van der Waals surface area contributed by atoms with Gasteiger partial charge in [-0.2, -0.15) is 0 Å². The van der Waals surface area contributed by atoms with E-state index < -0.39 is 0 Å². The van der Waals surface area contributed by atoms with E-state index in [0.29, 0.717) is 5.69 Å². The standard InChI is InChI=1S/C14H24N4O/c1-18(2)14(19)13-11-12(7-10-17-13)16-9-6-4-3-5-8-15/h7,10-11H,3-6,8-9,15H2,1-2H3,(H,16,17). The van der Waals surface area contributed by atoms with E-state index in [2.05, 4.69) is 10.3 Å². The average molecular weight is 264 g/mol. The third-order valence-corrected chi connectivity index (χ3v) is 2.85. The third kappa shape index (κ3) is 5.70. The van der Waals surface area contributed by atoms with E-state index >= 15 is 0 Å². The summed E-state index contributed by atoms with van der Waals surface area (Å²) in [4.78, 5) is 17.4. The van der Waals surface area contributed by atoms with Crippen LogP contribution in [0, 0.1) is 0 Å². The molecule has 106 valence electrons. The summed E-state index contributed by atoms with van der Waals surface area (Å²) in [6, 6.07) is 3.68. The van der Waals surface area contributed by atoms with Crippen molar-refractivity contribution in [3.63, 3.8) is 0 Å². The van der Waals surface area contributed by atoms with E-state index in [-0.39, 0.29) is 5.91 Å². The van der Waals surface area contributed by atoms with E-state index in [1.54, 1.807) is 26.4 Å². The molecule has 0 atom stereocenters. The first-order chi connectivity index (χ1) is 9.15. The van der Waals surface area contributed by atoms with Crippen LogP contribution in [0.5, 0.6) is 0 Å². The summed E-state index contributed by atoms with van der Waals surface area (Å²) in [6.45, 7) is 1.68. The minimum absolute atomic E-state index is 0.0772. The molecule has 1 aromatic rings. The predicted molar refractivity (Wildman–Crippen MR) is 78.3 cm³/mol. The fourth-order valence-corrected chi connectivity index (χ4v) is 1.74. The van der Waals surface area contributed by atoms with Gasteiger partial charge in [0, 0.05) is 32.5 Å². The highest BCUT2D eigenvalue weighted by Gasteiger charge is 2.09. The Morgan fingerprint density at radius 2 is 2.05 bits per heavy atom. The lowest BCUT2D eigenvalue weighted by atomic mass is 10.2. The lowest BCUT2D eigenvalue weighted by Gasteiger charge is -2.11. The molecule has 1 amide bonds. The molecule has 0 saturated carbocycles. The molecule has 1 rings (SSSR count). The number of anilines is 1.